The molecule has 98 valence electrons. The number of hydrogen-bond acceptors (Lipinski definition) is 2. The smallest absolute Gasteiger partial charge is 0.249 e. The summed E-state index contributed by atoms with van der Waals surface area (Å²) in [7, 11) is 0. The summed E-state index contributed by atoms with van der Waals surface area (Å²) in [4.78, 5) is 26.1. The largest absolute Gasteiger partial charge is 0.289 e. The van der Waals surface area contributed by atoms with Gasteiger partial charge in [-0.3, -0.25) is 9.59 Å². The second-order valence-corrected chi connectivity index (χ2v) is 4.22. The van der Waals surface area contributed by atoms with Gasteiger partial charge in [0.2, 0.25) is 5.91 Å². The quantitative estimate of drug-likeness (QED) is 0.367. The maximum Gasteiger partial charge on any atom is 0.249 e. The van der Waals surface area contributed by atoms with Gasteiger partial charge in [-0.2, -0.15) is 0 Å². The van der Waals surface area contributed by atoms with Crippen molar-refractivity contribution in [2.45, 2.75) is 6.92 Å². The van der Waals surface area contributed by atoms with Crippen molar-refractivity contribution in [1.82, 2.24) is 0 Å². The predicted octanol–water partition coefficient (Wildman–Crippen LogP) is 3.68. The Morgan fingerprint density at radius 1 is 1.00 bits per heavy atom. The molecular weight excluding hydrogens is 254 g/mol. The summed E-state index contributed by atoms with van der Waals surface area (Å²) < 4.78 is 0. The summed E-state index contributed by atoms with van der Waals surface area (Å²) in [6.07, 6.45) is 0. The molecule has 0 unspecified atom stereocenters. The van der Waals surface area contributed by atoms with E-state index in [2.05, 4.69) is 10.0 Å². The van der Waals surface area contributed by atoms with Crippen molar-refractivity contribution in [3.63, 3.8) is 0 Å². The molecule has 2 rings (SSSR count). The van der Waals surface area contributed by atoms with E-state index in [4.69, 9.17) is 5.53 Å². The van der Waals surface area contributed by atoms with Gasteiger partial charge < -0.3 is 0 Å². The first kappa shape index (κ1) is 13.5. The van der Waals surface area contributed by atoms with Gasteiger partial charge in [0.1, 0.15) is 0 Å². The average Bonchev–Trinajstić information content (AvgIpc) is 2.47. The van der Waals surface area contributed by atoms with E-state index in [9.17, 15) is 9.59 Å². The monoisotopic (exact) mass is 265 g/mol. The van der Waals surface area contributed by atoms with Crippen molar-refractivity contribution in [3.8, 4) is 0 Å². The molecule has 5 heteroatoms. The summed E-state index contributed by atoms with van der Waals surface area (Å²) in [6, 6.07) is 13.4. The van der Waals surface area contributed by atoms with Crippen LogP contribution < -0.4 is 0 Å². The fourth-order valence-electron chi connectivity index (χ4n) is 1.85. The van der Waals surface area contributed by atoms with Crippen LogP contribution in [0.25, 0.3) is 10.4 Å². The fourth-order valence-corrected chi connectivity index (χ4v) is 1.85. The summed E-state index contributed by atoms with van der Waals surface area (Å²) >= 11 is 0. The summed E-state index contributed by atoms with van der Waals surface area (Å²) in [6.45, 7) is 1.87. The Balaban J connectivity index is 2.31. The minimum absolute atomic E-state index is 0.106. The Morgan fingerprint density at radius 2 is 1.60 bits per heavy atom. The number of aryl methyl sites for hydroxylation is 1. The van der Waals surface area contributed by atoms with E-state index >= 15 is 0 Å². The Kier molecular flexibility index (Phi) is 3.93. The van der Waals surface area contributed by atoms with E-state index in [1.165, 1.54) is 12.1 Å². The first-order chi connectivity index (χ1) is 9.63. The Labute approximate surface area is 115 Å². The van der Waals surface area contributed by atoms with Gasteiger partial charge in [0.15, 0.2) is 5.78 Å². The van der Waals surface area contributed by atoms with E-state index in [-0.39, 0.29) is 11.3 Å². The van der Waals surface area contributed by atoms with Crippen molar-refractivity contribution in [3.05, 3.63) is 81.2 Å². The predicted molar refractivity (Wildman–Crippen MR) is 74.5 cm³/mol. The highest BCUT2D eigenvalue weighted by Crippen LogP contribution is 2.15. The number of carbonyl (C=O) groups excluding carboxylic acids is 2. The molecule has 20 heavy (non-hydrogen) atoms. The van der Waals surface area contributed by atoms with Crippen molar-refractivity contribution in [2.75, 3.05) is 0 Å². The van der Waals surface area contributed by atoms with E-state index in [0.29, 0.717) is 11.1 Å². The molecule has 0 aliphatic carbocycles. The first-order valence-corrected chi connectivity index (χ1v) is 5.93. The molecule has 0 aliphatic heterocycles. The van der Waals surface area contributed by atoms with Crippen LogP contribution in [0.5, 0.6) is 0 Å². The molecule has 0 N–H and O–H groups in total. The Morgan fingerprint density at radius 3 is 2.20 bits per heavy atom. The van der Waals surface area contributed by atoms with Crippen LogP contribution in [0.15, 0.2) is 53.6 Å². The van der Waals surface area contributed by atoms with Gasteiger partial charge in [-0.1, -0.05) is 48.5 Å². The van der Waals surface area contributed by atoms with Crippen LogP contribution in [0.2, 0.25) is 0 Å². The number of azide groups is 1. The molecule has 0 aliphatic rings. The minimum Gasteiger partial charge on any atom is -0.289 e. The van der Waals surface area contributed by atoms with Gasteiger partial charge in [0.05, 0.1) is 0 Å². The minimum atomic E-state index is -0.664. The highest BCUT2D eigenvalue weighted by atomic mass is 16.1. The van der Waals surface area contributed by atoms with Gasteiger partial charge in [0.25, 0.3) is 0 Å². The SMILES string of the molecule is Cc1ccccc1C(=O)c1ccc(C(=O)N=[N+]=[N-])cc1. The maximum atomic E-state index is 12.3. The second kappa shape index (κ2) is 5.82. The molecule has 2 aromatic rings. The van der Waals surface area contributed by atoms with E-state index in [1.807, 2.05) is 19.1 Å². The van der Waals surface area contributed by atoms with Gasteiger partial charge in [-0.15, -0.1) is 0 Å². The lowest BCUT2D eigenvalue weighted by Gasteiger charge is -2.05. The van der Waals surface area contributed by atoms with Gasteiger partial charge in [-0.25, -0.2) is 0 Å². The molecular formula is C15H11N3O2. The fraction of sp³-hybridized carbons (Fsp3) is 0.0667. The van der Waals surface area contributed by atoms with Crippen molar-refractivity contribution >= 4 is 11.7 Å². The van der Waals surface area contributed by atoms with Crippen LogP contribution in [-0.4, -0.2) is 11.7 Å². The molecule has 0 saturated carbocycles. The van der Waals surface area contributed by atoms with Crippen LogP contribution >= 0.6 is 0 Å². The van der Waals surface area contributed by atoms with E-state index in [0.717, 1.165) is 5.56 Å². The first-order valence-electron chi connectivity index (χ1n) is 5.93. The van der Waals surface area contributed by atoms with Crippen LogP contribution in [0, 0.1) is 6.92 Å². The number of benzene rings is 2. The number of ketones is 1. The lowest BCUT2D eigenvalue weighted by atomic mass is 9.98. The standard InChI is InChI=1S/C15H11N3O2/c1-10-4-2-3-5-13(10)14(19)11-6-8-12(9-7-11)15(20)17-18-16/h2-9H,1H3. The third-order valence-corrected chi connectivity index (χ3v) is 2.92. The molecule has 0 saturated heterocycles. The molecule has 0 fully saturated rings. The lowest BCUT2D eigenvalue weighted by molar-refractivity contribution is 0.0997. The molecule has 0 bridgehead atoms. The molecule has 0 radical (unpaired) electrons. The zero-order valence-corrected chi connectivity index (χ0v) is 10.8. The molecule has 0 spiro atoms. The highest BCUT2D eigenvalue weighted by Gasteiger charge is 2.11. The normalized spacial score (nSPS) is 9.65. The topological polar surface area (TPSA) is 82.9 Å². The van der Waals surface area contributed by atoms with Crippen molar-refractivity contribution in [2.24, 2.45) is 5.11 Å². The molecule has 5 nitrogen and oxygen atoms in total. The molecule has 0 aromatic heterocycles. The van der Waals surface area contributed by atoms with Crippen LogP contribution in [0.3, 0.4) is 0 Å². The average molecular weight is 265 g/mol. The Bertz CT molecular complexity index is 714. The maximum absolute atomic E-state index is 12.3. The molecule has 0 heterocycles. The third kappa shape index (κ3) is 2.74. The van der Waals surface area contributed by atoms with Crippen molar-refractivity contribution in [1.29, 1.82) is 0 Å². The Hall–Kier alpha value is -2.91. The summed E-state index contributed by atoms with van der Waals surface area (Å²) in [5.41, 5.74) is 10.5. The van der Waals surface area contributed by atoms with Crippen LogP contribution in [-0.2, 0) is 0 Å². The second-order valence-electron chi connectivity index (χ2n) is 4.22. The number of amides is 1. The molecule has 1 amide bonds. The summed E-state index contributed by atoms with van der Waals surface area (Å²) in [5, 5.41) is 3.00. The zero-order chi connectivity index (χ0) is 14.5. The number of rotatable bonds is 3. The van der Waals surface area contributed by atoms with Crippen LogP contribution in [0.4, 0.5) is 0 Å². The van der Waals surface area contributed by atoms with Gasteiger partial charge >= 0.3 is 0 Å². The third-order valence-electron chi connectivity index (χ3n) is 2.92. The van der Waals surface area contributed by atoms with Crippen molar-refractivity contribution < 1.29 is 9.59 Å². The van der Waals surface area contributed by atoms with E-state index < -0.39 is 5.91 Å². The van der Waals surface area contributed by atoms with Crippen LogP contribution in [0.1, 0.15) is 31.8 Å². The van der Waals surface area contributed by atoms with Gasteiger partial charge in [-0.05, 0) is 23.1 Å². The number of hydrogen-bond donors (Lipinski definition) is 0. The highest BCUT2D eigenvalue weighted by molar-refractivity contribution is 6.10. The summed E-state index contributed by atoms with van der Waals surface area (Å²) in [5.74, 6) is -0.770. The lowest BCUT2D eigenvalue weighted by Crippen LogP contribution is -2.04. The molecule has 0 atom stereocenters. The number of carbonyl (C=O) groups is 2. The van der Waals surface area contributed by atoms with E-state index in [1.54, 1.807) is 24.3 Å². The number of nitrogens with zero attached hydrogens (tertiary/aromatic N) is 3. The molecule has 2 aromatic carbocycles. The zero-order valence-electron chi connectivity index (χ0n) is 10.8. The van der Waals surface area contributed by atoms with Gasteiger partial charge in [0, 0.05) is 21.6 Å².